The third kappa shape index (κ3) is 2.88. The standard InChI is InChI=1S/C17H17FN2O2/c18-14-5-3-4-13(12-14)17(22)20-10-8-19(9-11-20)15-6-1-2-7-16(15)21/h1-7,12,21H,8-11H2. The van der Waals surface area contributed by atoms with Crippen LogP contribution in [-0.4, -0.2) is 42.1 Å². The number of halogens is 1. The van der Waals surface area contributed by atoms with E-state index in [4.69, 9.17) is 0 Å². The lowest BCUT2D eigenvalue weighted by atomic mass is 10.1. The van der Waals surface area contributed by atoms with Crippen LogP contribution in [0.25, 0.3) is 0 Å². The van der Waals surface area contributed by atoms with Crippen LogP contribution in [0.4, 0.5) is 10.1 Å². The number of para-hydroxylation sites is 2. The fourth-order valence-electron chi connectivity index (χ4n) is 2.69. The first-order valence-corrected chi connectivity index (χ1v) is 7.23. The number of hydrogen-bond donors (Lipinski definition) is 1. The van der Waals surface area contributed by atoms with E-state index in [1.807, 2.05) is 17.0 Å². The lowest BCUT2D eigenvalue weighted by Gasteiger charge is -2.36. The molecule has 0 atom stereocenters. The highest BCUT2D eigenvalue weighted by atomic mass is 19.1. The van der Waals surface area contributed by atoms with Crippen LogP contribution in [0.3, 0.4) is 0 Å². The molecule has 2 aromatic carbocycles. The average molecular weight is 300 g/mol. The van der Waals surface area contributed by atoms with E-state index in [2.05, 4.69) is 0 Å². The monoisotopic (exact) mass is 300 g/mol. The van der Waals surface area contributed by atoms with Crippen molar-refractivity contribution >= 4 is 11.6 Å². The molecule has 0 radical (unpaired) electrons. The highest BCUT2D eigenvalue weighted by molar-refractivity contribution is 5.94. The zero-order chi connectivity index (χ0) is 15.5. The van der Waals surface area contributed by atoms with E-state index in [1.54, 1.807) is 29.2 Å². The van der Waals surface area contributed by atoms with Crippen molar-refractivity contribution in [1.29, 1.82) is 0 Å². The summed E-state index contributed by atoms with van der Waals surface area (Å²) in [4.78, 5) is 16.1. The molecule has 0 saturated carbocycles. The molecular weight excluding hydrogens is 283 g/mol. The minimum atomic E-state index is -0.404. The number of carbonyl (C=O) groups is 1. The van der Waals surface area contributed by atoms with Crippen molar-refractivity contribution in [2.45, 2.75) is 0 Å². The fourth-order valence-corrected chi connectivity index (χ4v) is 2.69. The van der Waals surface area contributed by atoms with Crippen LogP contribution >= 0.6 is 0 Å². The number of benzene rings is 2. The predicted octanol–water partition coefficient (Wildman–Crippen LogP) is 2.49. The molecule has 1 amide bonds. The summed E-state index contributed by atoms with van der Waals surface area (Å²) in [5, 5.41) is 9.88. The Labute approximate surface area is 128 Å². The second-order valence-corrected chi connectivity index (χ2v) is 5.28. The number of aromatic hydroxyl groups is 1. The Bertz CT molecular complexity index is 682. The molecular formula is C17H17FN2O2. The fraction of sp³-hybridized carbons (Fsp3) is 0.235. The number of amides is 1. The zero-order valence-corrected chi connectivity index (χ0v) is 12.1. The lowest BCUT2D eigenvalue weighted by molar-refractivity contribution is 0.0746. The van der Waals surface area contributed by atoms with E-state index in [1.165, 1.54) is 12.1 Å². The van der Waals surface area contributed by atoms with Crippen LogP contribution in [0.1, 0.15) is 10.4 Å². The van der Waals surface area contributed by atoms with Crippen LogP contribution in [0.15, 0.2) is 48.5 Å². The molecule has 1 N–H and O–H groups in total. The van der Waals surface area contributed by atoms with Crippen molar-refractivity contribution in [3.63, 3.8) is 0 Å². The molecule has 3 rings (SSSR count). The summed E-state index contributed by atoms with van der Waals surface area (Å²) in [6.45, 7) is 2.37. The van der Waals surface area contributed by atoms with Crippen molar-refractivity contribution < 1.29 is 14.3 Å². The molecule has 22 heavy (non-hydrogen) atoms. The van der Waals surface area contributed by atoms with E-state index in [-0.39, 0.29) is 11.7 Å². The van der Waals surface area contributed by atoms with Gasteiger partial charge in [0, 0.05) is 31.7 Å². The number of piperazine rings is 1. The van der Waals surface area contributed by atoms with Gasteiger partial charge < -0.3 is 14.9 Å². The van der Waals surface area contributed by atoms with Gasteiger partial charge in [-0.1, -0.05) is 18.2 Å². The molecule has 1 heterocycles. The molecule has 0 aliphatic carbocycles. The topological polar surface area (TPSA) is 43.8 Å². The van der Waals surface area contributed by atoms with Gasteiger partial charge in [-0.15, -0.1) is 0 Å². The molecule has 1 saturated heterocycles. The highest BCUT2D eigenvalue weighted by Gasteiger charge is 2.23. The van der Waals surface area contributed by atoms with Gasteiger partial charge in [0.1, 0.15) is 11.6 Å². The van der Waals surface area contributed by atoms with E-state index >= 15 is 0 Å². The van der Waals surface area contributed by atoms with Crippen molar-refractivity contribution in [2.24, 2.45) is 0 Å². The molecule has 0 aromatic heterocycles. The Morgan fingerprint density at radius 1 is 1.00 bits per heavy atom. The van der Waals surface area contributed by atoms with Gasteiger partial charge in [-0.25, -0.2) is 4.39 Å². The van der Waals surface area contributed by atoms with E-state index < -0.39 is 5.82 Å². The van der Waals surface area contributed by atoms with Crippen molar-refractivity contribution in [3.05, 3.63) is 59.9 Å². The molecule has 0 spiro atoms. The van der Waals surface area contributed by atoms with Gasteiger partial charge in [0.05, 0.1) is 5.69 Å². The Morgan fingerprint density at radius 3 is 2.41 bits per heavy atom. The molecule has 5 heteroatoms. The Morgan fingerprint density at radius 2 is 1.73 bits per heavy atom. The van der Waals surface area contributed by atoms with Gasteiger partial charge in [0.15, 0.2) is 0 Å². The number of nitrogens with zero attached hydrogens (tertiary/aromatic N) is 2. The van der Waals surface area contributed by atoms with Crippen molar-refractivity contribution in [1.82, 2.24) is 4.90 Å². The summed E-state index contributed by atoms with van der Waals surface area (Å²) in [6.07, 6.45) is 0. The first-order chi connectivity index (χ1) is 10.6. The highest BCUT2D eigenvalue weighted by Crippen LogP contribution is 2.27. The van der Waals surface area contributed by atoms with Gasteiger partial charge >= 0.3 is 0 Å². The summed E-state index contributed by atoms with van der Waals surface area (Å²) in [5.74, 6) is -0.317. The van der Waals surface area contributed by atoms with Crippen LogP contribution < -0.4 is 4.90 Å². The lowest BCUT2D eigenvalue weighted by Crippen LogP contribution is -2.48. The molecule has 1 fully saturated rings. The molecule has 2 aromatic rings. The summed E-state index contributed by atoms with van der Waals surface area (Å²) in [5.41, 5.74) is 1.15. The smallest absolute Gasteiger partial charge is 0.254 e. The van der Waals surface area contributed by atoms with Crippen LogP contribution in [0.5, 0.6) is 5.75 Å². The Balaban J connectivity index is 1.67. The molecule has 1 aliphatic rings. The SMILES string of the molecule is O=C(c1cccc(F)c1)N1CCN(c2ccccc2O)CC1. The third-order valence-corrected chi connectivity index (χ3v) is 3.86. The first-order valence-electron chi connectivity index (χ1n) is 7.23. The van der Waals surface area contributed by atoms with Gasteiger partial charge in [-0.2, -0.15) is 0 Å². The van der Waals surface area contributed by atoms with Crippen LogP contribution in [0.2, 0.25) is 0 Å². The second kappa shape index (κ2) is 6.05. The summed E-state index contributed by atoms with van der Waals surface area (Å²) in [6, 6.07) is 12.9. The van der Waals surface area contributed by atoms with Gasteiger partial charge in [-0.05, 0) is 30.3 Å². The maximum atomic E-state index is 13.2. The van der Waals surface area contributed by atoms with Gasteiger partial charge in [0.25, 0.3) is 5.91 Å². The Hall–Kier alpha value is -2.56. The maximum Gasteiger partial charge on any atom is 0.254 e. The zero-order valence-electron chi connectivity index (χ0n) is 12.1. The molecule has 4 nitrogen and oxygen atoms in total. The summed E-state index contributed by atoms with van der Waals surface area (Å²) < 4.78 is 13.2. The quantitative estimate of drug-likeness (QED) is 0.926. The van der Waals surface area contributed by atoms with E-state index in [0.717, 1.165) is 5.69 Å². The summed E-state index contributed by atoms with van der Waals surface area (Å²) in [7, 11) is 0. The minimum absolute atomic E-state index is 0.156. The Kier molecular flexibility index (Phi) is 3.96. The summed E-state index contributed by atoms with van der Waals surface area (Å²) >= 11 is 0. The largest absolute Gasteiger partial charge is 0.506 e. The van der Waals surface area contributed by atoms with Gasteiger partial charge in [0.2, 0.25) is 0 Å². The van der Waals surface area contributed by atoms with E-state index in [9.17, 15) is 14.3 Å². The van der Waals surface area contributed by atoms with Crippen molar-refractivity contribution in [2.75, 3.05) is 31.1 Å². The number of carbonyl (C=O) groups excluding carboxylic acids is 1. The maximum absolute atomic E-state index is 13.2. The first kappa shape index (κ1) is 14.4. The van der Waals surface area contributed by atoms with Crippen molar-refractivity contribution in [3.8, 4) is 5.75 Å². The number of rotatable bonds is 2. The molecule has 0 unspecified atom stereocenters. The minimum Gasteiger partial charge on any atom is -0.506 e. The average Bonchev–Trinajstić information content (AvgIpc) is 2.55. The number of phenols is 1. The van der Waals surface area contributed by atoms with Crippen LogP contribution in [-0.2, 0) is 0 Å². The normalized spacial score (nSPS) is 15.0. The number of anilines is 1. The third-order valence-electron chi connectivity index (χ3n) is 3.86. The number of hydrogen-bond acceptors (Lipinski definition) is 3. The predicted molar refractivity (Wildman–Crippen MR) is 82.6 cm³/mol. The number of phenolic OH excluding ortho intramolecular Hbond substituents is 1. The van der Waals surface area contributed by atoms with Gasteiger partial charge in [-0.3, -0.25) is 4.79 Å². The molecule has 1 aliphatic heterocycles. The molecule has 114 valence electrons. The van der Waals surface area contributed by atoms with E-state index in [0.29, 0.717) is 31.7 Å². The van der Waals surface area contributed by atoms with Crippen LogP contribution in [0, 0.1) is 5.82 Å². The molecule has 0 bridgehead atoms. The second-order valence-electron chi connectivity index (χ2n) is 5.28.